The molecule has 1 aliphatic rings. The lowest BCUT2D eigenvalue weighted by molar-refractivity contribution is 0.0599. The van der Waals surface area contributed by atoms with Gasteiger partial charge in [-0.2, -0.15) is 0 Å². The van der Waals surface area contributed by atoms with Gasteiger partial charge in [0.2, 0.25) is 0 Å². The van der Waals surface area contributed by atoms with Crippen LogP contribution in [0.1, 0.15) is 43.2 Å². The number of nitrogen functional groups attached to an aromatic ring is 1. The first-order valence-electron chi connectivity index (χ1n) is 22.4. The lowest BCUT2D eigenvalue weighted by Gasteiger charge is -2.29. The largest absolute Gasteiger partial charge is 0.488 e. The van der Waals surface area contributed by atoms with Gasteiger partial charge in [0.15, 0.2) is 0 Å². The van der Waals surface area contributed by atoms with Crippen LogP contribution in [0.2, 0.25) is 0 Å². The van der Waals surface area contributed by atoms with Crippen LogP contribution in [0.5, 0.6) is 11.5 Å². The molecule has 72 heavy (non-hydrogen) atoms. The molecule has 0 unspecified atom stereocenters. The van der Waals surface area contributed by atoms with Crippen LogP contribution in [0.3, 0.4) is 0 Å². The second-order valence-electron chi connectivity index (χ2n) is 16.7. The third-order valence-electron chi connectivity index (χ3n) is 11.8. The van der Waals surface area contributed by atoms with Crippen molar-refractivity contribution in [3.8, 4) is 45.4 Å². The van der Waals surface area contributed by atoms with Crippen molar-refractivity contribution in [3.05, 3.63) is 199 Å². The normalized spacial score (nSPS) is 12.3. The Morgan fingerprint density at radius 2 is 1.10 bits per heavy atom. The standard InChI is InChI=1S/C29H25BrF2N2O4.C26H21BrF2N2O3/c1-18-2-6-27(25-14-21(30)4-7-28(25)38-17-19-3-5-22(31)15-26(19)32)34(18)24-13-20(29(35)36)12-23(16-24)33-8-10-37-11-9-33;1-15-3-7-24(31(15)21-10-17(26(32)33-2)9-20(30)13-21)22-11-18(27)5-8-25(22)34-14-16-4-6-19(28)12-23(16)29/h2-7,12-16H,8-11,17H2,1H3,(H,35,36);3-13H,14,30H2,1-2H3. The number of rotatable bonds is 13. The van der Waals surface area contributed by atoms with Crippen LogP contribution >= 0.6 is 31.9 Å². The van der Waals surface area contributed by atoms with Crippen LogP contribution in [0.25, 0.3) is 33.9 Å². The number of methoxy groups -OCH3 is 1. The van der Waals surface area contributed by atoms with E-state index in [4.69, 9.17) is 24.7 Å². The van der Waals surface area contributed by atoms with Gasteiger partial charge in [0.25, 0.3) is 0 Å². The molecule has 0 saturated carbocycles. The molecule has 8 aromatic rings. The van der Waals surface area contributed by atoms with E-state index in [9.17, 15) is 32.3 Å². The number of hydrogen-bond acceptors (Lipinski definition) is 8. The second kappa shape index (κ2) is 22.4. The molecule has 0 atom stereocenters. The summed E-state index contributed by atoms with van der Waals surface area (Å²) in [6, 6.07) is 35.8. The maximum Gasteiger partial charge on any atom is 0.337 e. The number of morpholine rings is 1. The van der Waals surface area contributed by atoms with Crippen LogP contribution in [-0.4, -0.2) is 59.6 Å². The van der Waals surface area contributed by atoms with E-state index < -0.39 is 35.2 Å². The fourth-order valence-corrected chi connectivity index (χ4v) is 9.00. The summed E-state index contributed by atoms with van der Waals surface area (Å²) in [5.41, 5.74) is 14.4. The highest BCUT2D eigenvalue weighted by Gasteiger charge is 2.22. The molecule has 1 aliphatic heterocycles. The summed E-state index contributed by atoms with van der Waals surface area (Å²) in [7, 11) is 1.31. The number of aryl methyl sites for hydroxylation is 2. The summed E-state index contributed by atoms with van der Waals surface area (Å²) >= 11 is 7.03. The Morgan fingerprint density at radius 1 is 0.611 bits per heavy atom. The van der Waals surface area contributed by atoms with Crippen molar-refractivity contribution >= 4 is 55.2 Å². The fraction of sp³-hybridized carbons (Fsp3) is 0.164. The number of halogens is 6. The van der Waals surface area contributed by atoms with Crippen molar-refractivity contribution < 1.29 is 51.2 Å². The van der Waals surface area contributed by atoms with Gasteiger partial charge in [0.1, 0.15) is 48.0 Å². The summed E-state index contributed by atoms with van der Waals surface area (Å²) in [5, 5.41) is 9.85. The molecule has 3 N–H and O–H groups in total. The lowest BCUT2D eigenvalue weighted by atomic mass is 10.1. The topological polar surface area (TPSA) is 130 Å². The maximum absolute atomic E-state index is 14.2. The molecular weight excluding hydrogens is 1060 g/mol. The number of carboxylic acids is 1. The van der Waals surface area contributed by atoms with Gasteiger partial charge >= 0.3 is 11.9 Å². The van der Waals surface area contributed by atoms with Gasteiger partial charge in [0, 0.05) is 90.6 Å². The summed E-state index contributed by atoms with van der Waals surface area (Å²) in [4.78, 5) is 26.3. The molecule has 1 fully saturated rings. The minimum absolute atomic E-state index is 0.0782. The number of nitrogens with zero attached hydrogens (tertiary/aromatic N) is 3. The number of hydrogen-bond donors (Lipinski definition) is 2. The van der Waals surface area contributed by atoms with Gasteiger partial charge in [-0.05, 0) is 135 Å². The Labute approximate surface area is 429 Å². The van der Waals surface area contributed by atoms with Gasteiger partial charge in [-0.15, -0.1) is 0 Å². The smallest absolute Gasteiger partial charge is 0.337 e. The third kappa shape index (κ3) is 11.7. The van der Waals surface area contributed by atoms with E-state index in [0.29, 0.717) is 60.4 Å². The molecule has 9 rings (SSSR count). The molecule has 1 saturated heterocycles. The quantitative estimate of drug-likeness (QED) is 0.0658. The highest BCUT2D eigenvalue weighted by molar-refractivity contribution is 9.10. The maximum atomic E-state index is 14.2. The van der Waals surface area contributed by atoms with E-state index in [2.05, 4.69) is 36.8 Å². The Bertz CT molecular complexity index is 3320. The minimum Gasteiger partial charge on any atom is -0.488 e. The van der Waals surface area contributed by atoms with Crippen molar-refractivity contribution in [2.75, 3.05) is 44.0 Å². The van der Waals surface area contributed by atoms with Crippen molar-refractivity contribution in [1.29, 1.82) is 0 Å². The molecule has 0 spiro atoms. The van der Waals surface area contributed by atoms with E-state index in [-0.39, 0.29) is 29.9 Å². The average molecular weight is 1110 g/mol. The number of ether oxygens (including phenoxy) is 4. The summed E-state index contributed by atoms with van der Waals surface area (Å²) in [5.74, 6) is -3.15. The molecule has 370 valence electrons. The number of benzene rings is 6. The highest BCUT2D eigenvalue weighted by atomic mass is 79.9. The molecule has 0 bridgehead atoms. The van der Waals surface area contributed by atoms with E-state index in [0.717, 1.165) is 60.7 Å². The van der Waals surface area contributed by atoms with Crippen LogP contribution in [0, 0.1) is 37.1 Å². The minimum atomic E-state index is -1.01. The van der Waals surface area contributed by atoms with Crippen LogP contribution in [-0.2, 0) is 22.7 Å². The first-order chi connectivity index (χ1) is 34.6. The van der Waals surface area contributed by atoms with Crippen molar-refractivity contribution in [1.82, 2.24) is 9.13 Å². The number of aromatic nitrogens is 2. The van der Waals surface area contributed by atoms with Crippen molar-refractivity contribution in [2.24, 2.45) is 0 Å². The number of carbonyl (C=O) groups excluding carboxylic acids is 1. The molecule has 11 nitrogen and oxygen atoms in total. The zero-order valence-electron chi connectivity index (χ0n) is 39.0. The van der Waals surface area contributed by atoms with Gasteiger partial charge in [-0.25, -0.2) is 27.2 Å². The van der Waals surface area contributed by atoms with E-state index >= 15 is 0 Å². The lowest BCUT2D eigenvalue weighted by Crippen LogP contribution is -2.36. The Morgan fingerprint density at radius 3 is 1.58 bits per heavy atom. The molecule has 2 aromatic heterocycles. The first-order valence-corrected chi connectivity index (χ1v) is 24.0. The molecule has 0 aliphatic carbocycles. The van der Waals surface area contributed by atoms with Gasteiger partial charge in [-0.3, -0.25) is 0 Å². The average Bonchev–Trinajstić information content (AvgIpc) is 3.95. The monoisotopic (exact) mass is 1110 g/mol. The Kier molecular flexibility index (Phi) is 15.9. The van der Waals surface area contributed by atoms with Crippen LogP contribution in [0.15, 0.2) is 142 Å². The van der Waals surface area contributed by atoms with Gasteiger partial charge in [-0.1, -0.05) is 31.9 Å². The number of carbonyl (C=O) groups is 2. The Balaban J connectivity index is 0.000000194. The molecular formula is C55H46Br2F4N4O7. The fourth-order valence-electron chi connectivity index (χ4n) is 8.28. The number of nitrogens with two attached hydrogens (primary N) is 1. The van der Waals surface area contributed by atoms with Gasteiger partial charge in [0.05, 0.1) is 42.8 Å². The molecule has 17 heteroatoms. The van der Waals surface area contributed by atoms with E-state index in [1.54, 1.807) is 42.5 Å². The Hall–Kier alpha value is -7.34. The van der Waals surface area contributed by atoms with E-state index in [1.807, 2.05) is 77.6 Å². The number of esters is 1. The van der Waals surface area contributed by atoms with Gasteiger partial charge < -0.3 is 43.8 Å². The van der Waals surface area contributed by atoms with Crippen molar-refractivity contribution in [3.63, 3.8) is 0 Å². The number of carboxylic acid groups (broad SMARTS) is 1. The molecule has 0 radical (unpaired) electrons. The summed E-state index contributed by atoms with van der Waals surface area (Å²) in [6.07, 6.45) is 0. The number of aromatic carboxylic acids is 1. The SMILES string of the molecule is COC(=O)c1cc(N)cc(-n2c(C)ccc2-c2cc(Br)ccc2OCc2ccc(F)cc2F)c1.Cc1ccc(-c2cc(Br)ccc2OCc2ccc(F)cc2F)n1-c1cc(C(=O)O)cc(N2CCOCC2)c1. The number of anilines is 2. The molecule has 3 heterocycles. The molecule has 0 amide bonds. The van der Waals surface area contributed by atoms with E-state index in [1.165, 1.54) is 31.4 Å². The predicted molar refractivity (Wildman–Crippen MR) is 274 cm³/mol. The second-order valence-corrected chi connectivity index (χ2v) is 18.5. The summed E-state index contributed by atoms with van der Waals surface area (Å²) < 4.78 is 82.8. The predicted octanol–water partition coefficient (Wildman–Crippen LogP) is 13.0. The first kappa shape index (κ1) is 51.0. The molecule has 6 aromatic carbocycles. The highest BCUT2D eigenvalue weighted by Crippen LogP contribution is 2.39. The third-order valence-corrected chi connectivity index (χ3v) is 12.8. The van der Waals surface area contributed by atoms with Crippen LogP contribution < -0.4 is 20.1 Å². The van der Waals surface area contributed by atoms with Crippen LogP contribution in [0.4, 0.5) is 28.9 Å². The zero-order chi connectivity index (χ0) is 51.2. The summed E-state index contributed by atoms with van der Waals surface area (Å²) in [6.45, 7) is 6.20. The van der Waals surface area contributed by atoms with Crippen molar-refractivity contribution in [2.45, 2.75) is 27.1 Å². The zero-order valence-corrected chi connectivity index (χ0v) is 42.2.